The highest BCUT2D eigenvalue weighted by molar-refractivity contribution is 7.89. The third kappa shape index (κ3) is 2.88. The van der Waals surface area contributed by atoms with Crippen LogP contribution in [0.1, 0.15) is 17.0 Å². The maximum absolute atomic E-state index is 13.2. The predicted molar refractivity (Wildman–Crippen MR) is 73.1 cm³/mol. The van der Waals surface area contributed by atoms with Gasteiger partial charge in [-0.15, -0.1) is 0 Å². The molecule has 0 unspecified atom stereocenters. The molecule has 1 heterocycles. The van der Waals surface area contributed by atoms with Gasteiger partial charge in [-0.1, -0.05) is 0 Å². The van der Waals surface area contributed by atoms with E-state index in [1.807, 2.05) is 0 Å². The molecule has 0 aliphatic heterocycles. The first-order valence-corrected chi connectivity index (χ1v) is 7.52. The number of nitrogens with one attached hydrogen (secondary N) is 1. The minimum absolute atomic E-state index is 0.0854. The van der Waals surface area contributed by atoms with Crippen LogP contribution in [0.15, 0.2) is 29.4 Å². The second-order valence-corrected chi connectivity index (χ2v) is 6.35. The first-order valence-electron chi connectivity index (χ1n) is 6.04. The van der Waals surface area contributed by atoms with Gasteiger partial charge in [-0.2, -0.15) is 0 Å². The fraction of sp³-hybridized carbons (Fsp3) is 0.308. The monoisotopic (exact) mass is 297 g/mol. The third-order valence-corrected chi connectivity index (χ3v) is 4.74. The Morgan fingerprint density at radius 3 is 2.40 bits per heavy atom. The van der Waals surface area contributed by atoms with Crippen LogP contribution < -0.4 is 4.72 Å². The van der Waals surface area contributed by atoms with Crippen LogP contribution in [0.5, 0.6) is 0 Å². The largest absolute Gasteiger partial charge is 0.337 e. The zero-order chi connectivity index (χ0) is 14.9. The van der Waals surface area contributed by atoms with E-state index in [0.29, 0.717) is 17.0 Å². The number of benzene rings is 1. The lowest BCUT2D eigenvalue weighted by molar-refractivity contribution is 0.575. The SMILES string of the molecule is Cc1cc(F)cc(C)c1S(=O)(=O)NCc1nccn1C. The molecule has 1 aromatic heterocycles. The molecule has 2 rings (SSSR count). The molecule has 1 aromatic carbocycles. The Morgan fingerprint density at radius 1 is 1.30 bits per heavy atom. The van der Waals surface area contributed by atoms with Crippen molar-refractivity contribution in [1.82, 2.24) is 14.3 Å². The predicted octanol–water partition coefficient (Wildman–Crippen LogP) is 1.65. The van der Waals surface area contributed by atoms with Crippen LogP contribution >= 0.6 is 0 Å². The maximum Gasteiger partial charge on any atom is 0.241 e. The van der Waals surface area contributed by atoms with Crippen LogP contribution in [0.3, 0.4) is 0 Å². The molecule has 1 N–H and O–H groups in total. The van der Waals surface area contributed by atoms with Gasteiger partial charge in [0.1, 0.15) is 11.6 Å². The van der Waals surface area contributed by atoms with Crippen LogP contribution in [0, 0.1) is 19.7 Å². The summed E-state index contributed by atoms with van der Waals surface area (Å²) in [5.41, 5.74) is 0.768. The summed E-state index contributed by atoms with van der Waals surface area (Å²) in [6.07, 6.45) is 3.33. The van der Waals surface area contributed by atoms with E-state index in [4.69, 9.17) is 0 Å². The van der Waals surface area contributed by atoms with Crippen molar-refractivity contribution < 1.29 is 12.8 Å². The number of hydrogen-bond acceptors (Lipinski definition) is 3. The highest BCUT2D eigenvalue weighted by Gasteiger charge is 2.20. The summed E-state index contributed by atoms with van der Waals surface area (Å²) in [7, 11) is -1.92. The van der Waals surface area contributed by atoms with Crippen molar-refractivity contribution in [3.05, 3.63) is 47.3 Å². The zero-order valence-corrected chi connectivity index (χ0v) is 12.3. The van der Waals surface area contributed by atoms with Gasteiger partial charge in [0.25, 0.3) is 0 Å². The van der Waals surface area contributed by atoms with Gasteiger partial charge in [-0.3, -0.25) is 0 Å². The Balaban J connectivity index is 2.30. The molecule has 5 nitrogen and oxygen atoms in total. The van der Waals surface area contributed by atoms with Crippen molar-refractivity contribution in [2.45, 2.75) is 25.3 Å². The molecule has 0 aliphatic rings. The van der Waals surface area contributed by atoms with Crippen molar-refractivity contribution in [2.75, 3.05) is 0 Å². The molecule has 2 aromatic rings. The molecule has 0 aliphatic carbocycles. The normalized spacial score (nSPS) is 11.8. The fourth-order valence-electron chi connectivity index (χ4n) is 2.12. The van der Waals surface area contributed by atoms with Crippen LogP contribution in [0.25, 0.3) is 0 Å². The van der Waals surface area contributed by atoms with E-state index >= 15 is 0 Å². The Morgan fingerprint density at radius 2 is 1.90 bits per heavy atom. The summed E-state index contributed by atoms with van der Waals surface area (Å²) >= 11 is 0. The smallest absolute Gasteiger partial charge is 0.241 e. The van der Waals surface area contributed by atoms with E-state index in [1.54, 1.807) is 37.9 Å². The molecular weight excluding hydrogens is 281 g/mol. The van der Waals surface area contributed by atoms with Crippen LogP contribution in [-0.4, -0.2) is 18.0 Å². The highest BCUT2D eigenvalue weighted by atomic mass is 32.2. The zero-order valence-electron chi connectivity index (χ0n) is 11.5. The van der Waals surface area contributed by atoms with Crippen molar-refractivity contribution >= 4 is 10.0 Å². The standard InChI is InChI=1S/C13H16FN3O2S/c1-9-6-11(14)7-10(2)13(9)20(18,19)16-8-12-15-4-5-17(12)3/h4-7,16H,8H2,1-3H3. The highest BCUT2D eigenvalue weighted by Crippen LogP contribution is 2.21. The minimum atomic E-state index is -3.70. The summed E-state index contributed by atoms with van der Waals surface area (Å²) in [5, 5.41) is 0. The number of nitrogens with zero attached hydrogens (tertiary/aromatic N) is 2. The molecule has 108 valence electrons. The number of aromatic nitrogens is 2. The second kappa shape index (κ2) is 5.34. The Hall–Kier alpha value is -1.73. The van der Waals surface area contributed by atoms with E-state index in [2.05, 4.69) is 9.71 Å². The van der Waals surface area contributed by atoms with E-state index in [-0.39, 0.29) is 11.4 Å². The Bertz CT molecular complexity index is 715. The molecule has 0 saturated heterocycles. The average molecular weight is 297 g/mol. The van der Waals surface area contributed by atoms with Crippen molar-refractivity contribution in [2.24, 2.45) is 7.05 Å². The minimum Gasteiger partial charge on any atom is -0.337 e. The molecule has 0 radical (unpaired) electrons. The first-order chi connectivity index (χ1) is 9.31. The van der Waals surface area contributed by atoms with Crippen molar-refractivity contribution in [3.63, 3.8) is 0 Å². The van der Waals surface area contributed by atoms with Gasteiger partial charge in [0.2, 0.25) is 10.0 Å². The number of halogens is 1. The summed E-state index contributed by atoms with van der Waals surface area (Å²) < 4.78 is 42.1. The lowest BCUT2D eigenvalue weighted by atomic mass is 10.1. The summed E-state index contributed by atoms with van der Waals surface area (Å²) in [6.45, 7) is 3.24. The van der Waals surface area contributed by atoms with Gasteiger partial charge < -0.3 is 4.57 Å². The molecule has 7 heteroatoms. The lowest BCUT2D eigenvalue weighted by Crippen LogP contribution is -2.26. The quantitative estimate of drug-likeness (QED) is 0.933. The first kappa shape index (κ1) is 14.7. The summed E-state index contributed by atoms with van der Waals surface area (Å²) in [5.74, 6) is 0.161. The topological polar surface area (TPSA) is 64.0 Å². The number of sulfonamides is 1. The van der Waals surface area contributed by atoms with Gasteiger partial charge in [0.05, 0.1) is 11.4 Å². The molecule has 0 bridgehead atoms. The molecule has 0 spiro atoms. The van der Waals surface area contributed by atoms with Gasteiger partial charge in [0.15, 0.2) is 0 Å². The number of hydrogen-bond donors (Lipinski definition) is 1. The van der Waals surface area contributed by atoms with Crippen LogP contribution in [0.2, 0.25) is 0 Å². The van der Waals surface area contributed by atoms with E-state index in [1.165, 1.54) is 12.1 Å². The molecule has 0 atom stereocenters. The van der Waals surface area contributed by atoms with Gasteiger partial charge >= 0.3 is 0 Å². The number of imidazole rings is 1. The molecule has 0 fully saturated rings. The lowest BCUT2D eigenvalue weighted by Gasteiger charge is -2.12. The van der Waals surface area contributed by atoms with Crippen molar-refractivity contribution in [3.8, 4) is 0 Å². The van der Waals surface area contributed by atoms with Crippen LogP contribution in [0.4, 0.5) is 4.39 Å². The summed E-state index contributed by atoms with van der Waals surface area (Å²) in [4.78, 5) is 4.17. The van der Waals surface area contributed by atoms with Gasteiger partial charge in [0, 0.05) is 19.4 Å². The fourth-order valence-corrected chi connectivity index (χ4v) is 3.55. The average Bonchev–Trinajstić information content (AvgIpc) is 2.70. The Labute approximate surface area is 117 Å². The molecule has 20 heavy (non-hydrogen) atoms. The van der Waals surface area contributed by atoms with Crippen LogP contribution in [-0.2, 0) is 23.6 Å². The molecule has 0 amide bonds. The Kier molecular flexibility index (Phi) is 3.92. The summed E-state index contributed by atoms with van der Waals surface area (Å²) in [6, 6.07) is 2.42. The molecule has 0 saturated carbocycles. The number of rotatable bonds is 4. The maximum atomic E-state index is 13.2. The second-order valence-electron chi connectivity index (χ2n) is 4.65. The van der Waals surface area contributed by atoms with Crippen molar-refractivity contribution in [1.29, 1.82) is 0 Å². The van der Waals surface area contributed by atoms with E-state index < -0.39 is 15.8 Å². The third-order valence-electron chi connectivity index (χ3n) is 3.04. The van der Waals surface area contributed by atoms with Gasteiger partial charge in [-0.25, -0.2) is 22.5 Å². The van der Waals surface area contributed by atoms with E-state index in [9.17, 15) is 12.8 Å². The van der Waals surface area contributed by atoms with Gasteiger partial charge in [-0.05, 0) is 37.1 Å². The molecular formula is C13H16FN3O2S. The van der Waals surface area contributed by atoms with E-state index in [0.717, 1.165) is 0 Å². The number of aryl methyl sites for hydroxylation is 3.